The number of rotatable bonds is 7. The van der Waals surface area contributed by atoms with Crippen molar-refractivity contribution in [3.05, 3.63) is 36.1 Å². The summed E-state index contributed by atoms with van der Waals surface area (Å²) in [7, 11) is 0. The van der Waals surface area contributed by atoms with Crippen LogP contribution in [0.5, 0.6) is 11.5 Å². The summed E-state index contributed by atoms with van der Waals surface area (Å²) in [6.07, 6.45) is 4.56. The monoisotopic (exact) mass is 344 g/mol. The molecule has 1 aliphatic rings. The van der Waals surface area contributed by atoms with Gasteiger partial charge in [0.05, 0.1) is 17.9 Å². The van der Waals surface area contributed by atoms with E-state index < -0.39 is 0 Å². The summed E-state index contributed by atoms with van der Waals surface area (Å²) >= 11 is 1.47. The minimum atomic E-state index is -0.234. The van der Waals surface area contributed by atoms with Crippen molar-refractivity contribution in [2.24, 2.45) is 5.92 Å². The fourth-order valence-electron chi connectivity index (χ4n) is 2.80. The molecule has 1 fully saturated rings. The van der Waals surface area contributed by atoms with Crippen LogP contribution in [-0.4, -0.2) is 13.2 Å². The van der Waals surface area contributed by atoms with Crippen LogP contribution in [0.3, 0.4) is 0 Å². The minimum Gasteiger partial charge on any atom is -0.494 e. The van der Waals surface area contributed by atoms with Gasteiger partial charge in [-0.15, -0.1) is 11.3 Å². The molecule has 1 saturated carbocycles. The van der Waals surface area contributed by atoms with Crippen LogP contribution in [0.4, 0.5) is 4.39 Å². The molecule has 2 nitrogen and oxygen atoms in total. The fraction of sp³-hybridized carbons (Fsp3) is 0.400. The molecular formula is C20H21FO2S. The van der Waals surface area contributed by atoms with Gasteiger partial charge in [0.2, 0.25) is 0 Å². The Morgan fingerprint density at radius 2 is 1.96 bits per heavy atom. The summed E-state index contributed by atoms with van der Waals surface area (Å²) in [5.74, 6) is 1.61. The highest BCUT2D eigenvalue weighted by Gasteiger charge is 2.23. The summed E-state index contributed by atoms with van der Waals surface area (Å²) in [5.41, 5.74) is 0. The highest BCUT2D eigenvalue weighted by Crippen LogP contribution is 2.40. The molecule has 0 aliphatic heterocycles. The van der Waals surface area contributed by atoms with Gasteiger partial charge in [-0.25, -0.2) is 4.39 Å². The molecule has 24 heavy (non-hydrogen) atoms. The molecule has 0 saturated heterocycles. The first kappa shape index (κ1) is 15.7. The van der Waals surface area contributed by atoms with E-state index >= 15 is 0 Å². The molecule has 0 bridgehead atoms. The summed E-state index contributed by atoms with van der Waals surface area (Å²) in [5, 5.41) is 2.02. The van der Waals surface area contributed by atoms with Crippen molar-refractivity contribution < 1.29 is 13.9 Å². The molecular weight excluding hydrogens is 323 g/mol. The molecule has 1 aromatic heterocycles. The SMILES string of the molecule is CCCCOc1ccc2c(c1)sc1c(F)c(OCC3CC3)ccc12. The topological polar surface area (TPSA) is 18.5 Å². The van der Waals surface area contributed by atoms with Crippen LogP contribution in [-0.2, 0) is 0 Å². The van der Waals surface area contributed by atoms with Crippen molar-refractivity contribution in [3.63, 3.8) is 0 Å². The first-order valence-corrected chi connectivity index (χ1v) is 9.48. The van der Waals surface area contributed by atoms with E-state index in [-0.39, 0.29) is 5.82 Å². The fourth-order valence-corrected chi connectivity index (χ4v) is 3.96. The number of thiophene rings is 1. The predicted molar refractivity (Wildman–Crippen MR) is 97.9 cm³/mol. The van der Waals surface area contributed by atoms with E-state index in [0.717, 1.165) is 40.7 Å². The lowest BCUT2D eigenvalue weighted by Crippen LogP contribution is -2.00. The van der Waals surface area contributed by atoms with E-state index in [9.17, 15) is 4.39 Å². The summed E-state index contributed by atoms with van der Waals surface area (Å²) in [6, 6.07) is 9.74. The van der Waals surface area contributed by atoms with E-state index in [2.05, 4.69) is 6.92 Å². The van der Waals surface area contributed by atoms with Crippen molar-refractivity contribution in [1.29, 1.82) is 0 Å². The third-order valence-electron chi connectivity index (χ3n) is 4.46. The number of hydrogen-bond acceptors (Lipinski definition) is 3. The largest absolute Gasteiger partial charge is 0.494 e. The Hall–Kier alpha value is -1.81. The smallest absolute Gasteiger partial charge is 0.182 e. The normalized spacial score (nSPS) is 14.4. The van der Waals surface area contributed by atoms with Gasteiger partial charge in [0, 0.05) is 15.5 Å². The van der Waals surface area contributed by atoms with Crippen LogP contribution < -0.4 is 9.47 Å². The molecule has 0 radical (unpaired) electrons. The lowest BCUT2D eigenvalue weighted by atomic mass is 10.1. The van der Waals surface area contributed by atoms with Crippen molar-refractivity contribution >= 4 is 31.5 Å². The quantitative estimate of drug-likeness (QED) is 0.478. The third kappa shape index (κ3) is 3.07. The van der Waals surface area contributed by atoms with Crippen molar-refractivity contribution in [2.75, 3.05) is 13.2 Å². The Bertz CT molecular complexity index is 867. The molecule has 4 heteroatoms. The highest BCUT2D eigenvalue weighted by molar-refractivity contribution is 7.25. The zero-order valence-electron chi connectivity index (χ0n) is 13.8. The molecule has 126 valence electrons. The van der Waals surface area contributed by atoms with Crippen molar-refractivity contribution in [1.82, 2.24) is 0 Å². The van der Waals surface area contributed by atoms with E-state index in [0.29, 0.717) is 23.0 Å². The van der Waals surface area contributed by atoms with Crippen molar-refractivity contribution in [2.45, 2.75) is 32.6 Å². The van der Waals surface area contributed by atoms with Crippen LogP contribution >= 0.6 is 11.3 Å². The number of halogens is 1. The van der Waals surface area contributed by atoms with Crippen LogP contribution in [0, 0.1) is 11.7 Å². The summed E-state index contributed by atoms with van der Waals surface area (Å²) in [6.45, 7) is 3.49. The molecule has 4 rings (SSSR count). The average molecular weight is 344 g/mol. The standard InChI is InChI=1S/C20H21FO2S/c1-2-3-10-22-14-6-7-15-16-8-9-17(23-12-13-4-5-13)19(21)20(16)24-18(15)11-14/h6-9,11,13H,2-5,10,12H2,1H3. The van der Waals surface area contributed by atoms with E-state index in [1.165, 1.54) is 24.2 Å². The van der Waals surface area contributed by atoms with Crippen LogP contribution in [0.2, 0.25) is 0 Å². The molecule has 0 atom stereocenters. The Balaban J connectivity index is 1.66. The Kier molecular flexibility index (Phi) is 4.31. The van der Waals surface area contributed by atoms with Crippen LogP contribution in [0.15, 0.2) is 30.3 Å². The maximum atomic E-state index is 14.8. The molecule has 0 amide bonds. The minimum absolute atomic E-state index is 0.234. The zero-order valence-corrected chi connectivity index (χ0v) is 14.6. The molecule has 1 aliphatic carbocycles. The van der Waals surface area contributed by atoms with E-state index in [1.54, 1.807) is 6.07 Å². The first-order valence-electron chi connectivity index (χ1n) is 8.66. The zero-order chi connectivity index (χ0) is 16.5. The lowest BCUT2D eigenvalue weighted by Gasteiger charge is -2.06. The molecule has 0 N–H and O–H groups in total. The summed E-state index contributed by atoms with van der Waals surface area (Å²) in [4.78, 5) is 0. The van der Waals surface area contributed by atoms with Gasteiger partial charge in [-0.2, -0.15) is 0 Å². The van der Waals surface area contributed by atoms with Crippen LogP contribution in [0.1, 0.15) is 32.6 Å². The van der Waals surface area contributed by atoms with Gasteiger partial charge in [0.25, 0.3) is 0 Å². The predicted octanol–water partition coefficient (Wildman–Crippen LogP) is 6.16. The van der Waals surface area contributed by atoms with Gasteiger partial charge in [0.15, 0.2) is 11.6 Å². The lowest BCUT2D eigenvalue weighted by molar-refractivity contribution is 0.286. The number of unbranched alkanes of at least 4 members (excludes halogenated alkanes) is 1. The maximum absolute atomic E-state index is 14.8. The number of hydrogen-bond donors (Lipinski definition) is 0. The van der Waals surface area contributed by atoms with Gasteiger partial charge >= 0.3 is 0 Å². The Morgan fingerprint density at radius 3 is 2.75 bits per heavy atom. The first-order chi connectivity index (χ1) is 11.8. The van der Waals surface area contributed by atoms with Gasteiger partial charge in [-0.1, -0.05) is 13.3 Å². The van der Waals surface area contributed by atoms with Crippen molar-refractivity contribution in [3.8, 4) is 11.5 Å². The third-order valence-corrected chi connectivity index (χ3v) is 5.62. The van der Waals surface area contributed by atoms with Gasteiger partial charge in [0.1, 0.15) is 5.75 Å². The second kappa shape index (κ2) is 6.60. The van der Waals surface area contributed by atoms with Gasteiger partial charge in [-0.3, -0.25) is 0 Å². The Labute approximate surface area is 145 Å². The van der Waals surface area contributed by atoms with E-state index in [1.807, 2.05) is 24.3 Å². The second-order valence-corrected chi connectivity index (χ2v) is 7.52. The second-order valence-electron chi connectivity index (χ2n) is 6.47. The van der Waals surface area contributed by atoms with E-state index in [4.69, 9.17) is 9.47 Å². The molecule has 2 aromatic carbocycles. The molecule has 3 aromatic rings. The Morgan fingerprint density at radius 1 is 1.12 bits per heavy atom. The highest BCUT2D eigenvalue weighted by atomic mass is 32.1. The van der Waals surface area contributed by atoms with Gasteiger partial charge in [-0.05, 0) is 55.5 Å². The molecule has 0 unspecified atom stereocenters. The molecule has 0 spiro atoms. The number of benzene rings is 2. The van der Waals surface area contributed by atoms with Gasteiger partial charge < -0.3 is 9.47 Å². The average Bonchev–Trinajstić information content (AvgIpc) is 3.34. The maximum Gasteiger partial charge on any atom is 0.182 e. The number of ether oxygens (including phenoxy) is 2. The number of fused-ring (bicyclic) bond motifs is 3. The molecule has 1 heterocycles. The van der Waals surface area contributed by atoms with Crippen LogP contribution in [0.25, 0.3) is 20.2 Å². The summed E-state index contributed by atoms with van der Waals surface area (Å²) < 4.78 is 27.9.